The zero-order chi connectivity index (χ0) is 20.5. The van der Waals surface area contributed by atoms with Crippen LogP contribution in [0.2, 0.25) is 0 Å². The van der Waals surface area contributed by atoms with E-state index in [2.05, 4.69) is 23.7 Å². The third-order valence-corrected chi connectivity index (χ3v) is 6.09. The normalized spacial score (nSPS) is 11.8. The number of halogens is 1. The molecule has 3 aromatic rings. The Kier molecular flexibility index (Phi) is 5.56. The van der Waals surface area contributed by atoms with Crippen LogP contribution in [-0.4, -0.2) is 18.2 Å². The molecule has 0 saturated heterocycles. The number of nitrogens with one attached hydrogen (secondary N) is 1. The summed E-state index contributed by atoms with van der Waals surface area (Å²) >= 11 is 0. The Bertz CT molecular complexity index is 1070. The number of hydrogen-bond donors (Lipinski definition) is 1. The maximum atomic E-state index is 13.1. The van der Waals surface area contributed by atoms with Gasteiger partial charge in [0.15, 0.2) is 0 Å². The molecule has 0 aliphatic heterocycles. The number of hydrogen-bond acceptors (Lipinski definition) is 3. The third-order valence-electron chi connectivity index (χ3n) is 4.72. The average molecular weight is 402 g/mol. The van der Waals surface area contributed by atoms with Gasteiger partial charge >= 0.3 is 0 Å². The summed E-state index contributed by atoms with van der Waals surface area (Å²) in [6, 6.07) is 13.1. The second-order valence-corrected chi connectivity index (χ2v) is 8.84. The molecule has 0 aliphatic carbocycles. The van der Waals surface area contributed by atoms with E-state index in [0.717, 1.165) is 11.1 Å². The molecule has 0 spiro atoms. The van der Waals surface area contributed by atoms with Crippen molar-refractivity contribution in [1.29, 1.82) is 0 Å². The summed E-state index contributed by atoms with van der Waals surface area (Å²) in [6.07, 6.45) is 0. The Morgan fingerprint density at radius 1 is 1.04 bits per heavy atom. The quantitative estimate of drug-likeness (QED) is 0.656. The number of aromatic nitrogens is 2. The predicted octanol–water partition coefficient (Wildman–Crippen LogP) is 4.61. The molecular formula is C21H24FN3O2S. The lowest BCUT2D eigenvalue weighted by molar-refractivity contribution is 0.601. The molecule has 0 radical (unpaired) electrons. The molecular weight excluding hydrogens is 377 g/mol. The number of aryl methyl sites for hydroxylation is 1. The second-order valence-electron chi connectivity index (χ2n) is 7.16. The first-order valence-corrected chi connectivity index (χ1v) is 10.6. The van der Waals surface area contributed by atoms with E-state index in [0.29, 0.717) is 29.5 Å². The lowest BCUT2D eigenvalue weighted by Crippen LogP contribution is -2.14. The van der Waals surface area contributed by atoms with E-state index in [1.54, 1.807) is 35.9 Å². The summed E-state index contributed by atoms with van der Waals surface area (Å²) in [7, 11) is -3.72. The van der Waals surface area contributed by atoms with Gasteiger partial charge in [-0.05, 0) is 55.2 Å². The number of nitrogens with zero attached hydrogens (tertiary/aromatic N) is 2. The van der Waals surface area contributed by atoms with E-state index < -0.39 is 10.0 Å². The topological polar surface area (TPSA) is 64.0 Å². The maximum Gasteiger partial charge on any atom is 0.262 e. The van der Waals surface area contributed by atoms with Gasteiger partial charge in [-0.1, -0.05) is 38.1 Å². The Labute approximate surface area is 165 Å². The molecule has 7 heteroatoms. The maximum absolute atomic E-state index is 13.1. The Morgan fingerprint density at radius 2 is 1.64 bits per heavy atom. The first-order valence-electron chi connectivity index (χ1n) is 9.08. The van der Waals surface area contributed by atoms with Crippen molar-refractivity contribution in [1.82, 2.24) is 9.78 Å². The van der Waals surface area contributed by atoms with Crippen LogP contribution in [-0.2, 0) is 16.6 Å². The Morgan fingerprint density at radius 3 is 2.21 bits per heavy atom. The highest BCUT2D eigenvalue weighted by molar-refractivity contribution is 7.92. The number of anilines is 1. The lowest BCUT2D eigenvalue weighted by Gasteiger charge is -2.11. The van der Waals surface area contributed by atoms with Crippen molar-refractivity contribution >= 4 is 15.7 Å². The molecule has 148 valence electrons. The molecule has 1 heterocycles. The van der Waals surface area contributed by atoms with Crippen LogP contribution >= 0.6 is 0 Å². The van der Waals surface area contributed by atoms with Gasteiger partial charge in [0.1, 0.15) is 5.82 Å². The van der Waals surface area contributed by atoms with Crippen LogP contribution in [0, 0.1) is 19.7 Å². The monoisotopic (exact) mass is 401 g/mol. The first kappa shape index (κ1) is 20.1. The van der Waals surface area contributed by atoms with E-state index >= 15 is 0 Å². The van der Waals surface area contributed by atoms with Gasteiger partial charge in [0.05, 0.1) is 28.5 Å². The van der Waals surface area contributed by atoms with E-state index in [4.69, 9.17) is 0 Å². The Hall–Kier alpha value is -2.67. The minimum Gasteiger partial charge on any atom is -0.276 e. The van der Waals surface area contributed by atoms with Gasteiger partial charge < -0.3 is 0 Å². The van der Waals surface area contributed by atoms with Crippen molar-refractivity contribution in [3.63, 3.8) is 0 Å². The predicted molar refractivity (Wildman–Crippen MR) is 109 cm³/mol. The van der Waals surface area contributed by atoms with Crippen molar-refractivity contribution in [2.24, 2.45) is 0 Å². The molecule has 1 aromatic heterocycles. The summed E-state index contributed by atoms with van der Waals surface area (Å²) in [5.41, 5.74) is 3.71. The highest BCUT2D eigenvalue weighted by atomic mass is 32.2. The summed E-state index contributed by atoms with van der Waals surface area (Å²) in [5.74, 6) is 0.0351. The zero-order valence-electron chi connectivity index (χ0n) is 16.4. The van der Waals surface area contributed by atoms with Crippen LogP contribution in [0.15, 0.2) is 53.4 Å². The molecule has 1 N–H and O–H groups in total. The minimum absolute atomic E-state index is 0.210. The van der Waals surface area contributed by atoms with Crippen molar-refractivity contribution in [3.05, 3.63) is 76.9 Å². The third kappa shape index (κ3) is 4.25. The first-order chi connectivity index (χ1) is 13.2. The van der Waals surface area contributed by atoms with Gasteiger partial charge in [-0.3, -0.25) is 9.40 Å². The van der Waals surface area contributed by atoms with E-state index in [1.807, 2.05) is 19.1 Å². The Balaban J connectivity index is 1.85. The molecule has 0 unspecified atom stereocenters. The molecule has 28 heavy (non-hydrogen) atoms. The summed E-state index contributed by atoms with van der Waals surface area (Å²) < 4.78 is 43.1. The lowest BCUT2D eigenvalue weighted by atomic mass is 10.0. The van der Waals surface area contributed by atoms with Crippen LogP contribution in [0.3, 0.4) is 0 Å². The van der Waals surface area contributed by atoms with Gasteiger partial charge in [0, 0.05) is 0 Å². The number of rotatable bonds is 6. The molecule has 3 rings (SSSR count). The van der Waals surface area contributed by atoms with Gasteiger partial charge in [-0.2, -0.15) is 5.10 Å². The fourth-order valence-electron chi connectivity index (χ4n) is 2.99. The van der Waals surface area contributed by atoms with Gasteiger partial charge in [-0.15, -0.1) is 0 Å². The van der Waals surface area contributed by atoms with Gasteiger partial charge in [-0.25, -0.2) is 12.8 Å². The van der Waals surface area contributed by atoms with E-state index in [9.17, 15) is 12.8 Å². The summed E-state index contributed by atoms with van der Waals surface area (Å²) in [5, 5.41) is 4.44. The zero-order valence-corrected chi connectivity index (χ0v) is 17.2. The highest BCUT2D eigenvalue weighted by Crippen LogP contribution is 2.25. The molecule has 0 atom stereocenters. The van der Waals surface area contributed by atoms with Gasteiger partial charge in [0.25, 0.3) is 10.0 Å². The molecule has 2 aromatic carbocycles. The van der Waals surface area contributed by atoms with Crippen LogP contribution in [0.4, 0.5) is 10.1 Å². The molecule has 0 saturated carbocycles. The molecule has 0 aliphatic rings. The standard InChI is InChI=1S/C21H24FN3O2S/c1-14(2)18-7-11-20(12-8-18)28(26,27)24-21-15(3)23-25(16(21)4)13-17-5-9-19(22)10-6-17/h5-12,14,24H,13H2,1-4H3. The molecule has 0 fully saturated rings. The largest absolute Gasteiger partial charge is 0.276 e. The highest BCUT2D eigenvalue weighted by Gasteiger charge is 2.20. The van der Waals surface area contributed by atoms with Crippen LogP contribution < -0.4 is 4.72 Å². The van der Waals surface area contributed by atoms with Crippen LogP contribution in [0.5, 0.6) is 0 Å². The molecule has 5 nitrogen and oxygen atoms in total. The van der Waals surface area contributed by atoms with E-state index in [-0.39, 0.29) is 10.7 Å². The summed E-state index contributed by atoms with van der Waals surface area (Å²) in [4.78, 5) is 0.210. The van der Waals surface area contributed by atoms with Crippen molar-refractivity contribution in [2.75, 3.05) is 4.72 Å². The van der Waals surface area contributed by atoms with Crippen molar-refractivity contribution in [3.8, 4) is 0 Å². The SMILES string of the molecule is Cc1nn(Cc2ccc(F)cc2)c(C)c1NS(=O)(=O)c1ccc(C(C)C)cc1. The molecule has 0 amide bonds. The minimum atomic E-state index is -3.72. The number of sulfonamides is 1. The number of benzene rings is 2. The van der Waals surface area contributed by atoms with Crippen LogP contribution in [0.1, 0.15) is 42.3 Å². The molecule has 0 bridgehead atoms. The van der Waals surface area contributed by atoms with Gasteiger partial charge in [0.2, 0.25) is 0 Å². The second kappa shape index (κ2) is 7.75. The van der Waals surface area contributed by atoms with Crippen LogP contribution in [0.25, 0.3) is 0 Å². The van der Waals surface area contributed by atoms with Crippen molar-refractivity contribution < 1.29 is 12.8 Å². The smallest absolute Gasteiger partial charge is 0.262 e. The van der Waals surface area contributed by atoms with Crippen molar-refractivity contribution in [2.45, 2.75) is 45.1 Å². The average Bonchev–Trinajstić information content (AvgIpc) is 2.91. The summed E-state index contributed by atoms with van der Waals surface area (Å²) in [6.45, 7) is 8.11. The fraction of sp³-hybridized carbons (Fsp3) is 0.286. The fourth-order valence-corrected chi connectivity index (χ4v) is 4.16. The van der Waals surface area contributed by atoms with E-state index in [1.165, 1.54) is 12.1 Å².